The molecule has 56 heavy (non-hydrogen) atoms. The minimum Gasteiger partial charge on any atom is -0.462 e. The van der Waals surface area contributed by atoms with Crippen molar-refractivity contribution in [2.45, 2.75) is 278 Å². The second kappa shape index (κ2) is 43.0. The van der Waals surface area contributed by atoms with Crippen molar-refractivity contribution in [3.05, 3.63) is 0 Å². The number of hydrogen-bond donors (Lipinski definition) is 0. The van der Waals surface area contributed by atoms with Crippen molar-refractivity contribution < 1.29 is 28.6 Å². The summed E-state index contributed by atoms with van der Waals surface area (Å²) in [6, 6.07) is 0. The summed E-state index contributed by atoms with van der Waals surface area (Å²) in [5, 5.41) is 0. The van der Waals surface area contributed by atoms with Gasteiger partial charge in [-0.15, -0.1) is 0 Å². The largest absolute Gasteiger partial charge is 0.462 e. The smallest absolute Gasteiger partial charge is 0.306 e. The zero-order valence-corrected chi connectivity index (χ0v) is 38.3. The summed E-state index contributed by atoms with van der Waals surface area (Å²) in [6.07, 6.45) is 42.4. The molecule has 0 aromatic carbocycles. The number of carbonyl (C=O) groups excluding carboxylic acids is 3. The first-order chi connectivity index (χ1) is 27.3. The van der Waals surface area contributed by atoms with E-state index in [1.165, 1.54) is 161 Å². The molecule has 0 rings (SSSR count). The van der Waals surface area contributed by atoms with Gasteiger partial charge in [0.2, 0.25) is 0 Å². The van der Waals surface area contributed by atoms with Crippen LogP contribution in [0.2, 0.25) is 0 Å². The van der Waals surface area contributed by atoms with E-state index in [0.29, 0.717) is 19.3 Å². The van der Waals surface area contributed by atoms with E-state index in [9.17, 15) is 14.4 Å². The second-order valence-electron chi connectivity index (χ2n) is 17.8. The van der Waals surface area contributed by atoms with Gasteiger partial charge in [0.05, 0.1) is 0 Å². The monoisotopic (exact) mass is 793 g/mol. The van der Waals surface area contributed by atoms with Crippen LogP contribution in [0.5, 0.6) is 0 Å². The first kappa shape index (κ1) is 54.4. The van der Waals surface area contributed by atoms with Gasteiger partial charge < -0.3 is 14.2 Å². The van der Waals surface area contributed by atoms with Gasteiger partial charge in [0.25, 0.3) is 0 Å². The van der Waals surface area contributed by atoms with Gasteiger partial charge >= 0.3 is 17.9 Å². The highest BCUT2D eigenvalue weighted by Crippen LogP contribution is 2.17. The van der Waals surface area contributed by atoms with Crippen LogP contribution in [0, 0.1) is 11.8 Å². The Kier molecular flexibility index (Phi) is 41.8. The predicted molar refractivity (Wildman–Crippen MR) is 238 cm³/mol. The lowest BCUT2D eigenvalue weighted by molar-refractivity contribution is -0.167. The van der Waals surface area contributed by atoms with Crippen molar-refractivity contribution in [1.29, 1.82) is 0 Å². The van der Waals surface area contributed by atoms with E-state index in [2.05, 4.69) is 34.6 Å². The molecule has 1 unspecified atom stereocenters. The van der Waals surface area contributed by atoms with E-state index in [4.69, 9.17) is 14.2 Å². The summed E-state index contributed by atoms with van der Waals surface area (Å²) in [5.74, 6) is 0.809. The Labute approximate surface area is 348 Å². The molecule has 0 saturated carbocycles. The topological polar surface area (TPSA) is 78.9 Å². The molecule has 0 heterocycles. The minimum absolute atomic E-state index is 0.0650. The van der Waals surface area contributed by atoms with E-state index in [1.807, 2.05) is 0 Å². The number of esters is 3. The first-order valence-corrected chi connectivity index (χ1v) is 24.8. The average Bonchev–Trinajstić information content (AvgIpc) is 3.18. The van der Waals surface area contributed by atoms with Crippen molar-refractivity contribution >= 4 is 17.9 Å². The zero-order chi connectivity index (χ0) is 41.2. The quantitative estimate of drug-likeness (QED) is 0.0347. The van der Waals surface area contributed by atoms with Crippen molar-refractivity contribution in [2.75, 3.05) is 13.2 Å². The number of unbranched alkanes of at least 4 members (excludes halogenated alkanes) is 28. The van der Waals surface area contributed by atoms with Crippen LogP contribution < -0.4 is 0 Å². The molecule has 0 aliphatic carbocycles. The molecule has 6 nitrogen and oxygen atoms in total. The summed E-state index contributed by atoms with van der Waals surface area (Å²) in [5.41, 5.74) is 0. The minimum atomic E-state index is -0.761. The van der Waals surface area contributed by atoms with Gasteiger partial charge in [-0.3, -0.25) is 14.4 Å². The molecule has 0 radical (unpaired) electrons. The van der Waals surface area contributed by atoms with Gasteiger partial charge in [0.15, 0.2) is 6.10 Å². The number of carbonyl (C=O) groups is 3. The molecular weight excluding hydrogens is 697 g/mol. The Morgan fingerprint density at radius 2 is 0.679 bits per heavy atom. The lowest BCUT2D eigenvalue weighted by atomic mass is 10.00. The van der Waals surface area contributed by atoms with Gasteiger partial charge in [-0.05, 0) is 31.1 Å². The fraction of sp³-hybridized carbons (Fsp3) is 0.940. The molecule has 332 valence electrons. The summed E-state index contributed by atoms with van der Waals surface area (Å²) < 4.78 is 16.7. The Balaban J connectivity index is 4.23. The highest BCUT2D eigenvalue weighted by molar-refractivity contribution is 5.71. The summed E-state index contributed by atoms with van der Waals surface area (Å²) in [6.45, 7) is 11.3. The van der Waals surface area contributed by atoms with E-state index >= 15 is 0 Å². The second-order valence-corrected chi connectivity index (χ2v) is 17.8. The van der Waals surface area contributed by atoms with Crippen molar-refractivity contribution in [1.82, 2.24) is 0 Å². The van der Waals surface area contributed by atoms with Gasteiger partial charge in [0, 0.05) is 19.3 Å². The van der Waals surface area contributed by atoms with Crippen LogP contribution >= 0.6 is 0 Å². The summed E-state index contributed by atoms with van der Waals surface area (Å²) >= 11 is 0. The fourth-order valence-corrected chi connectivity index (χ4v) is 7.43. The molecule has 6 heteroatoms. The first-order valence-electron chi connectivity index (χ1n) is 24.8. The van der Waals surface area contributed by atoms with E-state index < -0.39 is 6.10 Å². The van der Waals surface area contributed by atoms with E-state index in [1.54, 1.807) is 0 Å². The maximum atomic E-state index is 12.8. The lowest BCUT2D eigenvalue weighted by Gasteiger charge is -2.18. The molecule has 0 spiro atoms. The van der Waals surface area contributed by atoms with Crippen molar-refractivity contribution in [2.24, 2.45) is 11.8 Å². The molecular formula is C50H96O6. The third-order valence-corrected chi connectivity index (χ3v) is 11.6. The molecule has 0 bridgehead atoms. The van der Waals surface area contributed by atoms with Crippen molar-refractivity contribution in [3.63, 3.8) is 0 Å². The Morgan fingerprint density at radius 1 is 0.375 bits per heavy atom. The molecule has 2 atom stereocenters. The fourth-order valence-electron chi connectivity index (χ4n) is 7.43. The number of ether oxygens (including phenoxy) is 3. The third kappa shape index (κ3) is 42.0. The highest BCUT2D eigenvalue weighted by Gasteiger charge is 2.19. The summed E-state index contributed by atoms with van der Waals surface area (Å²) in [7, 11) is 0. The van der Waals surface area contributed by atoms with Crippen LogP contribution in [0.1, 0.15) is 272 Å². The maximum absolute atomic E-state index is 12.8. The molecule has 0 saturated heterocycles. The van der Waals surface area contributed by atoms with Crippen LogP contribution in [-0.2, 0) is 28.6 Å². The van der Waals surface area contributed by atoms with Crippen LogP contribution in [0.3, 0.4) is 0 Å². The SMILES string of the molecule is CCCCCCCCCCCC(=O)OC[C@@H](COC(=O)CCCCCCCCC(C)CC)OC(=O)CCCCCCCCCCCCCCCCCCC(C)C. The molecule has 0 N–H and O–H groups in total. The molecule has 0 aromatic rings. The predicted octanol–water partition coefficient (Wildman–Crippen LogP) is 15.8. The van der Waals surface area contributed by atoms with Crippen LogP contribution in [0.4, 0.5) is 0 Å². The number of rotatable bonds is 44. The molecule has 0 amide bonds. The summed E-state index contributed by atoms with van der Waals surface area (Å²) in [4.78, 5) is 37.7. The molecule has 0 aromatic heterocycles. The van der Waals surface area contributed by atoms with Gasteiger partial charge in [-0.25, -0.2) is 0 Å². The zero-order valence-electron chi connectivity index (χ0n) is 38.3. The maximum Gasteiger partial charge on any atom is 0.306 e. The average molecular weight is 793 g/mol. The van der Waals surface area contributed by atoms with Crippen LogP contribution in [0.25, 0.3) is 0 Å². The van der Waals surface area contributed by atoms with Gasteiger partial charge in [-0.1, -0.05) is 234 Å². The van der Waals surface area contributed by atoms with E-state index in [0.717, 1.165) is 69.6 Å². The Morgan fingerprint density at radius 3 is 1.02 bits per heavy atom. The standard InChI is InChI=1S/C50H96O6/c1-6-8-9-10-11-20-24-30-35-40-48(51)54-43-47(44-55-49(52)41-36-31-27-26-29-34-39-46(5)7-2)56-50(53)42-37-32-25-22-19-17-15-13-12-14-16-18-21-23-28-33-38-45(3)4/h45-47H,6-44H2,1-5H3/t46?,47-/m0/s1. The Bertz CT molecular complexity index is 856. The van der Waals surface area contributed by atoms with Crippen LogP contribution in [-0.4, -0.2) is 37.2 Å². The van der Waals surface area contributed by atoms with Crippen LogP contribution in [0.15, 0.2) is 0 Å². The van der Waals surface area contributed by atoms with Gasteiger partial charge in [0.1, 0.15) is 13.2 Å². The normalized spacial score (nSPS) is 12.5. The lowest BCUT2D eigenvalue weighted by Crippen LogP contribution is -2.30. The Hall–Kier alpha value is -1.59. The molecule has 0 aliphatic rings. The van der Waals surface area contributed by atoms with Gasteiger partial charge in [-0.2, -0.15) is 0 Å². The third-order valence-electron chi connectivity index (χ3n) is 11.6. The molecule has 0 fully saturated rings. The van der Waals surface area contributed by atoms with Crippen molar-refractivity contribution in [3.8, 4) is 0 Å². The molecule has 0 aliphatic heterocycles. The number of hydrogen-bond acceptors (Lipinski definition) is 6. The highest BCUT2D eigenvalue weighted by atomic mass is 16.6. The van der Waals surface area contributed by atoms with E-state index in [-0.39, 0.29) is 31.1 Å².